The van der Waals surface area contributed by atoms with Crippen LogP contribution in [0.15, 0.2) is 11.6 Å². The van der Waals surface area contributed by atoms with Crippen LogP contribution in [0.3, 0.4) is 0 Å². The number of fused-ring (bicyclic) bond motifs is 5. The van der Waals surface area contributed by atoms with Gasteiger partial charge in [-0.2, -0.15) is 0 Å². The number of hydrogen-bond donors (Lipinski definition) is 2. The maximum Gasteiger partial charge on any atom is 0.155 e. The first-order valence-electron chi connectivity index (χ1n) is 9.04. The zero-order chi connectivity index (χ0) is 15.5. The van der Waals surface area contributed by atoms with E-state index in [9.17, 15) is 15.0 Å². The van der Waals surface area contributed by atoms with E-state index in [1.807, 2.05) is 6.08 Å². The Morgan fingerprint density at radius 1 is 1.14 bits per heavy atom. The summed E-state index contributed by atoms with van der Waals surface area (Å²) in [7, 11) is 0. The van der Waals surface area contributed by atoms with E-state index in [0.29, 0.717) is 24.2 Å². The van der Waals surface area contributed by atoms with Gasteiger partial charge in [-0.15, -0.1) is 0 Å². The van der Waals surface area contributed by atoms with Crippen molar-refractivity contribution < 1.29 is 15.0 Å². The van der Waals surface area contributed by atoms with Crippen LogP contribution in [-0.4, -0.2) is 28.7 Å². The van der Waals surface area contributed by atoms with Gasteiger partial charge in [-0.3, -0.25) is 4.79 Å². The molecule has 4 rings (SSSR count). The highest BCUT2D eigenvalue weighted by atomic mass is 16.3. The van der Waals surface area contributed by atoms with Gasteiger partial charge in [0.15, 0.2) is 5.78 Å². The van der Waals surface area contributed by atoms with Crippen LogP contribution in [0, 0.1) is 28.6 Å². The third kappa shape index (κ3) is 1.78. The second-order valence-corrected chi connectivity index (χ2v) is 8.50. The monoisotopic (exact) mass is 304 g/mol. The number of ketones is 1. The van der Waals surface area contributed by atoms with E-state index < -0.39 is 0 Å². The fourth-order valence-corrected chi connectivity index (χ4v) is 6.63. The van der Waals surface area contributed by atoms with E-state index in [-0.39, 0.29) is 29.3 Å². The van der Waals surface area contributed by atoms with Crippen LogP contribution in [0.5, 0.6) is 0 Å². The van der Waals surface area contributed by atoms with Gasteiger partial charge in [0, 0.05) is 11.8 Å². The molecular weight excluding hydrogens is 276 g/mol. The quantitative estimate of drug-likeness (QED) is 0.783. The summed E-state index contributed by atoms with van der Waals surface area (Å²) in [5.41, 5.74) is 1.18. The van der Waals surface area contributed by atoms with Gasteiger partial charge in [-0.05, 0) is 74.2 Å². The molecule has 0 aromatic heterocycles. The lowest BCUT2D eigenvalue weighted by Gasteiger charge is -2.58. The van der Waals surface area contributed by atoms with Gasteiger partial charge in [0.05, 0.1) is 12.7 Å². The molecule has 3 heteroatoms. The Labute approximate surface area is 132 Å². The number of aliphatic hydroxyl groups excluding tert-OH is 2. The largest absolute Gasteiger partial charge is 0.395 e. The summed E-state index contributed by atoms with van der Waals surface area (Å²) in [4.78, 5) is 11.8. The summed E-state index contributed by atoms with van der Waals surface area (Å²) in [5, 5.41) is 20.7. The first kappa shape index (κ1) is 14.9. The molecule has 4 aliphatic rings. The third-order valence-corrected chi connectivity index (χ3v) is 7.92. The van der Waals surface area contributed by atoms with Crippen LogP contribution in [0.1, 0.15) is 58.3 Å². The van der Waals surface area contributed by atoms with Crippen LogP contribution in [-0.2, 0) is 4.79 Å². The molecule has 122 valence electrons. The molecule has 0 radical (unpaired) electrons. The first-order valence-corrected chi connectivity index (χ1v) is 9.04. The fourth-order valence-electron chi connectivity index (χ4n) is 6.63. The zero-order valence-corrected chi connectivity index (χ0v) is 13.6. The van der Waals surface area contributed by atoms with Crippen molar-refractivity contribution in [2.45, 2.75) is 64.4 Å². The number of carbonyl (C=O) groups is 1. The highest BCUT2D eigenvalue weighted by Crippen LogP contribution is 2.65. The van der Waals surface area contributed by atoms with Crippen molar-refractivity contribution in [3.63, 3.8) is 0 Å². The van der Waals surface area contributed by atoms with E-state index in [1.54, 1.807) is 0 Å². The molecular formula is C19H28O3. The highest BCUT2D eigenvalue weighted by molar-refractivity contribution is 5.91. The molecule has 3 saturated carbocycles. The average Bonchev–Trinajstić information content (AvgIpc) is 2.82. The predicted molar refractivity (Wildman–Crippen MR) is 84.1 cm³/mol. The lowest BCUT2D eigenvalue weighted by molar-refractivity contribution is -0.120. The smallest absolute Gasteiger partial charge is 0.155 e. The van der Waals surface area contributed by atoms with Gasteiger partial charge in [0.25, 0.3) is 0 Å². The number of rotatable bonds is 1. The van der Waals surface area contributed by atoms with E-state index in [4.69, 9.17) is 0 Å². The maximum absolute atomic E-state index is 11.8. The number of aliphatic hydroxyl groups is 2. The van der Waals surface area contributed by atoms with Gasteiger partial charge in [-0.25, -0.2) is 0 Å². The average molecular weight is 304 g/mol. The van der Waals surface area contributed by atoms with Crippen molar-refractivity contribution in [2.24, 2.45) is 28.6 Å². The summed E-state index contributed by atoms with van der Waals surface area (Å²) in [5.74, 6) is 1.97. The molecule has 0 bridgehead atoms. The van der Waals surface area contributed by atoms with E-state index in [1.165, 1.54) is 5.57 Å². The van der Waals surface area contributed by atoms with Gasteiger partial charge in [-0.1, -0.05) is 12.5 Å². The van der Waals surface area contributed by atoms with Crippen molar-refractivity contribution in [1.29, 1.82) is 0 Å². The molecule has 0 spiro atoms. The van der Waals surface area contributed by atoms with Gasteiger partial charge in [0.2, 0.25) is 0 Å². The minimum absolute atomic E-state index is 0.0868. The summed E-state index contributed by atoms with van der Waals surface area (Å²) in [6.07, 6.45) is 9.49. The SMILES string of the molecule is C[C@]12CCC3C(CCC4=CC(=O)CC[C@@]43CO)C1CCC2O. The van der Waals surface area contributed by atoms with Crippen molar-refractivity contribution >= 4 is 5.78 Å². The summed E-state index contributed by atoms with van der Waals surface area (Å²) in [6.45, 7) is 2.48. The molecule has 3 fully saturated rings. The molecule has 22 heavy (non-hydrogen) atoms. The molecule has 0 heterocycles. The Kier molecular flexibility index (Phi) is 3.32. The highest BCUT2D eigenvalue weighted by Gasteiger charge is 2.59. The maximum atomic E-state index is 11.8. The molecule has 4 unspecified atom stereocenters. The normalized spacial score (nSPS) is 50.9. The van der Waals surface area contributed by atoms with Crippen LogP contribution < -0.4 is 0 Å². The molecule has 3 nitrogen and oxygen atoms in total. The van der Waals surface area contributed by atoms with Crippen molar-refractivity contribution in [3.8, 4) is 0 Å². The van der Waals surface area contributed by atoms with Crippen LogP contribution in [0.25, 0.3) is 0 Å². The number of carbonyl (C=O) groups excluding carboxylic acids is 1. The first-order chi connectivity index (χ1) is 10.5. The van der Waals surface area contributed by atoms with Gasteiger partial charge in [0.1, 0.15) is 0 Å². The minimum Gasteiger partial charge on any atom is -0.395 e. The summed E-state index contributed by atoms with van der Waals surface area (Å²) >= 11 is 0. The lowest BCUT2D eigenvalue weighted by Crippen LogP contribution is -2.53. The summed E-state index contributed by atoms with van der Waals surface area (Å²) < 4.78 is 0. The van der Waals surface area contributed by atoms with Crippen LogP contribution in [0.4, 0.5) is 0 Å². The van der Waals surface area contributed by atoms with Crippen molar-refractivity contribution in [1.82, 2.24) is 0 Å². The Morgan fingerprint density at radius 2 is 1.95 bits per heavy atom. The van der Waals surface area contributed by atoms with Gasteiger partial charge >= 0.3 is 0 Å². The zero-order valence-electron chi connectivity index (χ0n) is 13.6. The lowest BCUT2D eigenvalue weighted by atomic mass is 9.47. The predicted octanol–water partition coefficient (Wildman–Crippen LogP) is 2.85. The Morgan fingerprint density at radius 3 is 2.73 bits per heavy atom. The van der Waals surface area contributed by atoms with E-state index in [0.717, 1.165) is 44.9 Å². The Balaban J connectivity index is 1.71. The van der Waals surface area contributed by atoms with E-state index in [2.05, 4.69) is 6.92 Å². The second-order valence-electron chi connectivity index (χ2n) is 8.50. The number of hydrogen-bond acceptors (Lipinski definition) is 3. The van der Waals surface area contributed by atoms with Crippen LogP contribution >= 0.6 is 0 Å². The van der Waals surface area contributed by atoms with Gasteiger partial charge < -0.3 is 10.2 Å². The molecule has 0 aliphatic heterocycles. The molecule has 0 aromatic carbocycles. The molecule has 4 aliphatic carbocycles. The Hall–Kier alpha value is -0.670. The van der Waals surface area contributed by atoms with E-state index >= 15 is 0 Å². The van der Waals surface area contributed by atoms with Crippen molar-refractivity contribution in [2.75, 3.05) is 6.61 Å². The topological polar surface area (TPSA) is 57.5 Å². The Bertz CT molecular complexity index is 525. The van der Waals surface area contributed by atoms with Crippen LogP contribution in [0.2, 0.25) is 0 Å². The second kappa shape index (κ2) is 4.91. The van der Waals surface area contributed by atoms with Crippen molar-refractivity contribution in [3.05, 3.63) is 11.6 Å². The molecule has 2 N–H and O–H groups in total. The minimum atomic E-state index is -0.145. The third-order valence-electron chi connectivity index (χ3n) is 7.92. The standard InChI is InChI=1S/C19H28O3/c1-18-8-7-16-14(15(18)4-5-17(18)22)3-2-12-10-13(21)6-9-19(12,16)11-20/h10,14-17,20,22H,2-9,11H2,1H3/t14?,15?,16?,17?,18-,19+/m0/s1. The fraction of sp³-hybridized carbons (Fsp3) is 0.842. The summed E-state index contributed by atoms with van der Waals surface area (Å²) in [6, 6.07) is 0. The molecule has 6 atom stereocenters. The molecule has 0 saturated heterocycles. The molecule has 0 amide bonds. The molecule has 0 aromatic rings.